The highest BCUT2D eigenvalue weighted by atomic mass is 35.5. The van der Waals surface area contributed by atoms with Gasteiger partial charge in [0.1, 0.15) is 0 Å². The van der Waals surface area contributed by atoms with Crippen molar-refractivity contribution in [3.05, 3.63) is 57.6 Å². The largest absolute Gasteiger partial charge is 0.414 e. The van der Waals surface area contributed by atoms with E-state index in [9.17, 15) is 9.59 Å². The molecule has 3 atom stereocenters. The van der Waals surface area contributed by atoms with Crippen molar-refractivity contribution in [2.75, 3.05) is 19.7 Å². The van der Waals surface area contributed by atoms with Crippen molar-refractivity contribution < 1.29 is 18.8 Å². The van der Waals surface area contributed by atoms with E-state index in [1.165, 1.54) is 0 Å². The third-order valence-corrected chi connectivity index (χ3v) is 16.1. The summed E-state index contributed by atoms with van der Waals surface area (Å²) in [5, 5.41) is 1.36. The van der Waals surface area contributed by atoms with E-state index in [1.807, 2.05) is 41.3 Å². The number of carbonyl (C=O) groups is 2. The molecule has 9 heteroatoms. The molecule has 2 aromatic rings. The van der Waals surface area contributed by atoms with E-state index in [2.05, 4.69) is 38.8 Å². The number of ether oxygens (including phenoxy) is 1. The first-order chi connectivity index (χ1) is 20.8. The molecule has 6 rings (SSSR count). The minimum atomic E-state index is -1.79. The van der Waals surface area contributed by atoms with Crippen molar-refractivity contribution >= 4 is 43.3 Å². The van der Waals surface area contributed by atoms with Gasteiger partial charge >= 0.3 is 0 Å². The molecule has 3 heterocycles. The lowest BCUT2D eigenvalue weighted by Gasteiger charge is -2.42. The van der Waals surface area contributed by atoms with Crippen LogP contribution in [-0.2, 0) is 20.4 Å². The van der Waals surface area contributed by atoms with E-state index in [-0.39, 0.29) is 34.9 Å². The molecule has 1 aliphatic carbocycles. The quantitative estimate of drug-likeness (QED) is 0.283. The highest BCUT2D eigenvalue weighted by Crippen LogP contribution is 2.41. The van der Waals surface area contributed by atoms with Crippen LogP contribution in [0.5, 0.6) is 0 Å². The SMILES string of the molecule is CC(C)(C)[Si](C)(C)OC1CCC(N2CC[C@@H](Cc3c(Cl)cc(-c4ccc(C(=O)N5C[C@@H]6C[C@H]5CO6)cc4)cc3Cl)C2=O)CC1. The third-order valence-electron chi connectivity index (χ3n) is 10.9. The second kappa shape index (κ2) is 12.4. The summed E-state index contributed by atoms with van der Waals surface area (Å²) in [4.78, 5) is 30.7. The van der Waals surface area contributed by atoms with E-state index in [1.54, 1.807) is 0 Å². The average molecular weight is 658 g/mol. The maximum absolute atomic E-state index is 13.6. The van der Waals surface area contributed by atoms with Crippen LogP contribution in [0, 0.1) is 5.92 Å². The number of carbonyl (C=O) groups excluding carboxylic acids is 2. The van der Waals surface area contributed by atoms with E-state index in [0.717, 1.165) is 61.8 Å². The second-order valence-corrected chi connectivity index (χ2v) is 20.4. The number of morpholine rings is 1. The van der Waals surface area contributed by atoms with Gasteiger partial charge < -0.3 is 19.0 Å². The summed E-state index contributed by atoms with van der Waals surface area (Å²) < 4.78 is 12.3. The highest BCUT2D eigenvalue weighted by Gasteiger charge is 2.43. The van der Waals surface area contributed by atoms with E-state index >= 15 is 0 Å². The molecule has 0 radical (unpaired) electrons. The van der Waals surface area contributed by atoms with Crippen molar-refractivity contribution in [3.63, 3.8) is 0 Å². The molecule has 0 aromatic heterocycles. The maximum atomic E-state index is 13.6. The summed E-state index contributed by atoms with van der Waals surface area (Å²) >= 11 is 13.6. The van der Waals surface area contributed by atoms with Gasteiger partial charge in [0.15, 0.2) is 8.32 Å². The fraction of sp³-hybridized carbons (Fsp3) is 0.600. The Hall–Kier alpha value is -1.90. The molecule has 1 saturated carbocycles. The number of hydrogen-bond donors (Lipinski definition) is 0. The fourth-order valence-electron chi connectivity index (χ4n) is 7.21. The Labute approximate surface area is 273 Å². The predicted octanol–water partition coefficient (Wildman–Crippen LogP) is 8.00. The van der Waals surface area contributed by atoms with Crippen LogP contribution < -0.4 is 0 Å². The lowest BCUT2D eigenvalue weighted by molar-refractivity contribution is -0.133. The van der Waals surface area contributed by atoms with Gasteiger partial charge in [0, 0.05) is 46.8 Å². The van der Waals surface area contributed by atoms with Crippen LogP contribution in [0.15, 0.2) is 36.4 Å². The lowest BCUT2D eigenvalue weighted by Crippen LogP contribution is -2.47. The Morgan fingerprint density at radius 3 is 2.20 bits per heavy atom. The maximum Gasteiger partial charge on any atom is 0.254 e. The first-order valence-corrected chi connectivity index (χ1v) is 20.0. The Morgan fingerprint density at radius 2 is 1.64 bits per heavy atom. The molecule has 0 unspecified atom stereocenters. The highest BCUT2D eigenvalue weighted by molar-refractivity contribution is 6.74. The number of benzene rings is 2. The van der Waals surface area contributed by atoms with Crippen molar-refractivity contribution in [2.45, 2.75) is 108 Å². The zero-order valence-electron chi connectivity index (χ0n) is 26.7. The molecule has 0 spiro atoms. The Kier molecular flexibility index (Phi) is 9.01. The first kappa shape index (κ1) is 32.1. The molecule has 6 nitrogen and oxygen atoms in total. The number of likely N-dealkylation sites (tertiary alicyclic amines) is 2. The fourth-order valence-corrected chi connectivity index (χ4v) is 9.28. The molecule has 4 fully saturated rings. The second-order valence-electron chi connectivity index (χ2n) is 14.8. The van der Waals surface area contributed by atoms with Gasteiger partial charge in [-0.15, -0.1) is 0 Å². The Bertz CT molecular complexity index is 1380. The van der Waals surface area contributed by atoms with Crippen molar-refractivity contribution in [1.82, 2.24) is 9.80 Å². The standard InChI is InChI=1S/C35H46Cl2N2O4Si/c1-35(2,3)44(4,5)43-28-12-10-26(11-13-28)38-15-14-24(34(38)41)16-30-31(36)17-25(18-32(30)37)22-6-8-23(9-7-22)33(40)39-20-29-19-27(39)21-42-29/h6-9,17-18,24,26-29H,10-16,19-21H2,1-5H3/t24-,26?,27-,28?,29-/m0/s1. The van der Waals surface area contributed by atoms with Gasteiger partial charge in [-0.3, -0.25) is 9.59 Å². The summed E-state index contributed by atoms with van der Waals surface area (Å²) in [5.41, 5.74) is 3.35. The molecular formula is C35H46Cl2N2O4Si. The Balaban J connectivity index is 1.05. The van der Waals surface area contributed by atoms with Gasteiger partial charge in [0.05, 0.1) is 18.8 Å². The van der Waals surface area contributed by atoms with Gasteiger partial charge in [0.25, 0.3) is 5.91 Å². The minimum Gasteiger partial charge on any atom is -0.414 e. The number of halogens is 2. The van der Waals surface area contributed by atoms with Crippen LogP contribution in [-0.4, -0.2) is 73.9 Å². The number of hydrogen-bond acceptors (Lipinski definition) is 4. The molecule has 2 amide bonds. The first-order valence-electron chi connectivity index (χ1n) is 16.3. The normalized spacial score (nSPS) is 27.4. The van der Waals surface area contributed by atoms with E-state index in [4.69, 9.17) is 32.4 Å². The Morgan fingerprint density at radius 1 is 0.977 bits per heavy atom. The van der Waals surface area contributed by atoms with Crippen molar-refractivity contribution in [1.29, 1.82) is 0 Å². The number of fused-ring (bicyclic) bond motifs is 2. The minimum absolute atomic E-state index is 0.0570. The molecule has 2 bridgehead atoms. The summed E-state index contributed by atoms with van der Waals surface area (Å²) in [6.45, 7) is 13.6. The molecular weight excluding hydrogens is 611 g/mol. The van der Waals surface area contributed by atoms with E-state index < -0.39 is 8.32 Å². The number of nitrogens with zero attached hydrogens (tertiary/aromatic N) is 2. The van der Waals surface area contributed by atoms with Crippen molar-refractivity contribution in [3.8, 4) is 11.1 Å². The monoisotopic (exact) mass is 656 g/mol. The summed E-state index contributed by atoms with van der Waals surface area (Å²) in [6.07, 6.45) is 6.86. The van der Waals surface area contributed by atoms with Gasteiger partial charge in [0.2, 0.25) is 5.91 Å². The average Bonchev–Trinajstić information content (AvgIpc) is 3.71. The van der Waals surface area contributed by atoms with Gasteiger partial charge in [-0.1, -0.05) is 56.1 Å². The molecule has 4 aliphatic rings. The molecule has 2 aromatic carbocycles. The molecule has 44 heavy (non-hydrogen) atoms. The van der Waals surface area contributed by atoms with Crippen LogP contribution in [0.4, 0.5) is 0 Å². The summed E-state index contributed by atoms with van der Waals surface area (Å²) in [6, 6.07) is 12.0. The zero-order valence-corrected chi connectivity index (χ0v) is 29.2. The van der Waals surface area contributed by atoms with Gasteiger partial charge in [-0.2, -0.15) is 0 Å². The van der Waals surface area contributed by atoms with E-state index in [0.29, 0.717) is 47.3 Å². The lowest BCUT2D eigenvalue weighted by atomic mass is 9.92. The van der Waals surface area contributed by atoms with Crippen LogP contribution >= 0.6 is 23.2 Å². The van der Waals surface area contributed by atoms with Crippen LogP contribution in [0.25, 0.3) is 11.1 Å². The van der Waals surface area contributed by atoms with Crippen LogP contribution in [0.2, 0.25) is 28.2 Å². The zero-order chi connectivity index (χ0) is 31.4. The summed E-state index contributed by atoms with van der Waals surface area (Å²) in [7, 11) is -1.79. The molecule has 3 saturated heterocycles. The number of rotatable bonds is 7. The van der Waals surface area contributed by atoms with Crippen molar-refractivity contribution in [2.24, 2.45) is 5.92 Å². The number of amides is 2. The molecule has 238 valence electrons. The van der Waals surface area contributed by atoms with Crippen LogP contribution in [0.3, 0.4) is 0 Å². The van der Waals surface area contributed by atoms with Crippen LogP contribution in [0.1, 0.15) is 75.2 Å². The molecule has 3 aliphatic heterocycles. The van der Waals surface area contributed by atoms with Gasteiger partial charge in [-0.25, -0.2) is 0 Å². The predicted molar refractivity (Wildman–Crippen MR) is 179 cm³/mol. The molecule has 0 N–H and O–H groups in total. The topological polar surface area (TPSA) is 59.1 Å². The van der Waals surface area contributed by atoms with Gasteiger partial charge in [-0.05, 0) is 104 Å². The third kappa shape index (κ3) is 6.37. The smallest absolute Gasteiger partial charge is 0.254 e. The summed E-state index contributed by atoms with van der Waals surface area (Å²) in [5.74, 6) is 0.184.